The zero-order valence-electron chi connectivity index (χ0n) is 11.1. The third-order valence-electron chi connectivity index (χ3n) is 3.03. The van der Waals surface area contributed by atoms with Crippen molar-refractivity contribution in [3.05, 3.63) is 34.3 Å². The molecule has 0 aliphatic rings. The van der Waals surface area contributed by atoms with Crippen molar-refractivity contribution in [3.63, 3.8) is 0 Å². The molecule has 0 spiro atoms. The van der Waals surface area contributed by atoms with Crippen LogP contribution in [0.2, 0.25) is 5.02 Å². The topological polar surface area (TPSA) is 66.4 Å². The lowest BCUT2D eigenvalue weighted by Gasteiger charge is -2.13. The Morgan fingerprint density at radius 1 is 1.42 bits per heavy atom. The molecule has 1 unspecified atom stereocenters. The van der Waals surface area contributed by atoms with E-state index in [1.165, 1.54) is 0 Å². The van der Waals surface area contributed by atoms with Crippen LogP contribution in [0, 0.1) is 12.8 Å². The van der Waals surface area contributed by atoms with Gasteiger partial charge in [-0.3, -0.25) is 9.59 Å². The van der Waals surface area contributed by atoms with E-state index < -0.39 is 5.97 Å². The van der Waals surface area contributed by atoms with Crippen LogP contribution in [0.15, 0.2) is 18.2 Å². The predicted molar refractivity (Wildman–Crippen MR) is 74.6 cm³/mol. The van der Waals surface area contributed by atoms with Gasteiger partial charge in [0.05, 0.1) is 0 Å². The van der Waals surface area contributed by atoms with Gasteiger partial charge < -0.3 is 10.4 Å². The summed E-state index contributed by atoms with van der Waals surface area (Å²) in [4.78, 5) is 22.5. The maximum atomic E-state index is 11.9. The number of amides is 1. The van der Waals surface area contributed by atoms with Gasteiger partial charge in [-0.15, -0.1) is 0 Å². The van der Waals surface area contributed by atoms with Crippen molar-refractivity contribution in [3.8, 4) is 0 Å². The Bertz CT molecular complexity index is 474. The fourth-order valence-corrected chi connectivity index (χ4v) is 1.86. The Hall–Kier alpha value is -1.55. The van der Waals surface area contributed by atoms with Gasteiger partial charge in [0.25, 0.3) is 5.91 Å². The Labute approximate surface area is 117 Å². The van der Waals surface area contributed by atoms with E-state index in [0.717, 1.165) is 5.56 Å². The Balaban J connectivity index is 2.59. The number of carboxylic acid groups (broad SMARTS) is 1. The van der Waals surface area contributed by atoms with E-state index in [1.54, 1.807) is 18.2 Å². The van der Waals surface area contributed by atoms with Crippen LogP contribution in [0.3, 0.4) is 0 Å². The first-order chi connectivity index (χ1) is 8.93. The molecule has 0 aromatic heterocycles. The lowest BCUT2D eigenvalue weighted by Crippen LogP contribution is -2.30. The molecule has 0 fully saturated rings. The highest BCUT2D eigenvalue weighted by Crippen LogP contribution is 2.16. The van der Waals surface area contributed by atoms with Crippen LogP contribution in [-0.2, 0) is 4.79 Å². The van der Waals surface area contributed by atoms with Gasteiger partial charge in [0.2, 0.25) is 0 Å². The van der Waals surface area contributed by atoms with Gasteiger partial charge in [-0.2, -0.15) is 0 Å². The predicted octanol–water partition coefficient (Wildman–Crippen LogP) is 2.88. The molecule has 0 saturated carbocycles. The number of rotatable bonds is 6. The molecule has 4 nitrogen and oxygen atoms in total. The minimum absolute atomic E-state index is 0.0534. The Morgan fingerprint density at radius 3 is 2.63 bits per heavy atom. The molecule has 1 rings (SSSR count). The summed E-state index contributed by atoms with van der Waals surface area (Å²) in [5.41, 5.74) is 1.40. The molecule has 0 bridgehead atoms. The summed E-state index contributed by atoms with van der Waals surface area (Å²) in [6.07, 6.45) is 0.771. The number of nitrogens with one attached hydrogen (secondary N) is 1. The average Bonchev–Trinajstić information content (AvgIpc) is 2.36. The number of halogens is 1. The summed E-state index contributed by atoms with van der Waals surface area (Å²) in [6.45, 7) is 4.12. The second-order valence-corrected chi connectivity index (χ2v) is 4.95. The Kier molecular flexibility index (Phi) is 5.83. The smallest absolute Gasteiger partial charge is 0.303 e. The van der Waals surface area contributed by atoms with Gasteiger partial charge in [0.15, 0.2) is 0 Å². The fourth-order valence-electron chi connectivity index (χ4n) is 1.68. The van der Waals surface area contributed by atoms with Crippen molar-refractivity contribution in [2.24, 2.45) is 5.92 Å². The number of benzene rings is 1. The molecule has 1 aromatic carbocycles. The van der Waals surface area contributed by atoms with E-state index in [-0.39, 0.29) is 18.2 Å². The van der Waals surface area contributed by atoms with Crippen LogP contribution >= 0.6 is 11.6 Å². The van der Waals surface area contributed by atoms with Crippen molar-refractivity contribution >= 4 is 23.5 Å². The number of carbonyl (C=O) groups excluding carboxylic acids is 1. The molecule has 0 aliphatic heterocycles. The zero-order valence-corrected chi connectivity index (χ0v) is 11.8. The van der Waals surface area contributed by atoms with Crippen LogP contribution in [0.5, 0.6) is 0 Å². The fraction of sp³-hybridized carbons (Fsp3) is 0.429. The third-order valence-corrected chi connectivity index (χ3v) is 3.43. The molecule has 104 valence electrons. The van der Waals surface area contributed by atoms with Crippen LogP contribution in [0.25, 0.3) is 0 Å². The summed E-state index contributed by atoms with van der Waals surface area (Å²) >= 11 is 5.96. The summed E-state index contributed by atoms with van der Waals surface area (Å²) < 4.78 is 0. The van der Waals surface area contributed by atoms with E-state index in [4.69, 9.17) is 16.7 Å². The monoisotopic (exact) mass is 283 g/mol. The Morgan fingerprint density at radius 2 is 2.11 bits per heavy atom. The van der Waals surface area contributed by atoms with Crippen molar-refractivity contribution in [1.29, 1.82) is 0 Å². The first-order valence-electron chi connectivity index (χ1n) is 6.20. The first-order valence-corrected chi connectivity index (χ1v) is 6.58. The molecule has 0 aliphatic carbocycles. The highest BCUT2D eigenvalue weighted by Gasteiger charge is 2.13. The van der Waals surface area contributed by atoms with E-state index in [0.29, 0.717) is 23.6 Å². The largest absolute Gasteiger partial charge is 0.481 e. The van der Waals surface area contributed by atoms with Gasteiger partial charge in [-0.05, 0) is 30.5 Å². The maximum Gasteiger partial charge on any atom is 0.303 e. The molecule has 1 amide bonds. The number of aliphatic carboxylic acids is 1. The van der Waals surface area contributed by atoms with Crippen molar-refractivity contribution in [2.75, 3.05) is 6.54 Å². The number of hydrogen-bond acceptors (Lipinski definition) is 2. The van der Waals surface area contributed by atoms with E-state index in [9.17, 15) is 9.59 Å². The van der Waals surface area contributed by atoms with E-state index >= 15 is 0 Å². The second kappa shape index (κ2) is 7.14. The number of aryl methyl sites for hydroxylation is 1. The minimum Gasteiger partial charge on any atom is -0.481 e. The maximum absolute atomic E-state index is 11.9. The van der Waals surface area contributed by atoms with Gasteiger partial charge >= 0.3 is 5.97 Å². The summed E-state index contributed by atoms with van der Waals surface area (Å²) in [5, 5.41) is 12.0. The highest BCUT2D eigenvalue weighted by atomic mass is 35.5. The lowest BCUT2D eigenvalue weighted by atomic mass is 10.0. The molecule has 0 saturated heterocycles. The normalized spacial score (nSPS) is 11.9. The summed E-state index contributed by atoms with van der Waals surface area (Å²) in [6, 6.07) is 5.10. The number of carbonyl (C=O) groups is 2. The van der Waals surface area contributed by atoms with E-state index in [2.05, 4.69) is 5.32 Å². The zero-order chi connectivity index (χ0) is 14.4. The molecule has 0 heterocycles. The van der Waals surface area contributed by atoms with Gasteiger partial charge in [0.1, 0.15) is 0 Å². The number of carboxylic acids is 1. The van der Waals surface area contributed by atoms with Crippen LogP contribution in [0.4, 0.5) is 0 Å². The van der Waals surface area contributed by atoms with E-state index in [1.807, 2.05) is 13.8 Å². The summed E-state index contributed by atoms with van der Waals surface area (Å²) in [5.74, 6) is -1.13. The van der Waals surface area contributed by atoms with Crippen LogP contribution in [0.1, 0.15) is 35.7 Å². The first kappa shape index (κ1) is 15.5. The van der Waals surface area contributed by atoms with Crippen LogP contribution in [-0.4, -0.2) is 23.5 Å². The standard InChI is InChI=1S/C14H18ClNO3/c1-3-10(6-13(17)18)8-16-14(19)11-5-4-9(2)12(15)7-11/h4-5,7,10H,3,6,8H2,1-2H3,(H,16,19)(H,17,18). The quantitative estimate of drug-likeness (QED) is 0.843. The summed E-state index contributed by atoms with van der Waals surface area (Å²) in [7, 11) is 0. The molecule has 19 heavy (non-hydrogen) atoms. The lowest BCUT2D eigenvalue weighted by molar-refractivity contribution is -0.138. The van der Waals surface area contributed by atoms with Gasteiger partial charge in [0, 0.05) is 23.6 Å². The molecule has 0 radical (unpaired) electrons. The third kappa shape index (κ3) is 4.91. The molecule has 1 atom stereocenters. The molecule has 5 heteroatoms. The molecule has 2 N–H and O–H groups in total. The molecular weight excluding hydrogens is 266 g/mol. The van der Waals surface area contributed by atoms with Gasteiger partial charge in [-0.25, -0.2) is 0 Å². The van der Waals surface area contributed by atoms with Crippen molar-refractivity contribution in [1.82, 2.24) is 5.32 Å². The average molecular weight is 284 g/mol. The van der Waals surface area contributed by atoms with Crippen LogP contribution < -0.4 is 5.32 Å². The SMILES string of the molecule is CCC(CNC(=O)c1ccc(C)c(Cl)c1)CC(=O)O. The van der Waals surface area contributed by atoms with Crippen molar-refractivity contribution < 1.29 is 14.7 Å². The van der Waals surface area contributed by atoms with Crippen molar-refractivity contribution in [2.45, 2.75) is 26.7 Å². The van der Waals surface area contributed by atoms with Gasteiger partial charge in [-0.1, -0.05) is 31.0 Å². The number of hydrogen-bond donors (Lipinski definition) is 2. The molecular formula is C14H18ClNO3. The highest BCUT2D eigenvalue weighted by molar-refractivity contribution is 6.31. The molecule has 1 aromatic rings. The minimum atomic E-state index is -0.848. The second-order valence-electron chi connectivity index (χ2n) is 4.55.